The van der Waals surface area contributed by atoms with E-state index in [1.54, 1.807) is 0 Å². The number of aryl methyl sites for hydroxylation is 1. The van der Waals surface area contributed by atoms with E-state index in [9.17, 15) is 4.79 Å². The lowest BCUT2D eigenvalue weighted by Gasteiger charge is -2.48. The van der Waals surface area contributed by atoms with Gasteiger partial charge in [0.15, 0.2) is 0 Å². The zero-order chi connectivity index (χ0) is 18.1. The summed E-state index contributed by atoms with van der Waals surface area (Å²) in [4.78, 5) is 15.1. The molecule has 1 atom stereocenters. The zero-order valence-electron chi connectivity index (χ0n) is 16.2. The van der Waals surface area contributed by atoms with Crippen LogP contribution >= 0.6 is 0 Å². The highest BCUT2D eigenvalue weighted by Crippen LogP contribution is 2.37. The number of hydrogen-bond donors (Lipinski definition) is 1. The molecule has 3 heterocycles. The van der Waals surface area contributed by atoms with Crippen molar-refractivity contribution in [3.8, 4) is 0 Å². The number of carbonyl (C=O) groups is 1. The summed E-state index contributed by atoms with van der Waals surface area (Å²) in [7, 11) is 0. The lowest BCUT2D eigenvalue weighted by atomic mass is 9.81. The first-order valence-corrected chi connectivity index (χ1v) is 10.4. The molecule has 1 aromatic rings. The number of nitrogens with one attached hydrogen (secondary N) is 1. The van der Waals surface area contributed by atoms with Crippen LogP contribution in [0.1, 0.15) is 56.4 Å². The summed E-state index contributed by atoms with van der Waals surface area (Å²) in [5, 5.41) is 3.18. The molecule has 3 fully saturated rings. The molecule has 4 rings (SSSR count). The second-order valence-corrected chi connectivity index (χ2v) is 8.84. The number of likely N-dealkylation sites (tertiary alicyclic amines) is 1. The van der Waals surface area contributed by atoms with E-state index in [4.69, 9.17) is 4.74 Å². The highest BCUT2D eigenvalue weighted by Gasteiger charge is 2.50. The minimum atomic E-state index is -0.00729. The molecule has 1 saturated carbocycles. The van der Waals surface area contributed by atoms with Crippen molar-refractivity contribution < 1.29 is 9.53 Å². The van der Waals surface area contributed by atoms with E-state index in [1.165, 1.54) is 32.2 Å². The maximum Gasteiger partial charge on any atom is 0.268 e. The van der Waals surface area contributed by atoms with E-state index < -0.39 is 0 Å². The monoisotopic (exact) mass is 359 g/mol. The highest BCUT2D eigenvalue weighted by molar-refractivity contribution is 5.93. The second-order valence-electron chi connectivity index (χ2n) is 8.84. The summed E-state index contributed by atoms with van der Waals surface area (Å²) in [5.41, 5.74) is 0.738. The normalized spacial score (nSPS) is 31.1. The third kappa shape index (κ3) is 3.70. The van der Waals surface area contributed by atoms with E-state index >= 15 is 0 Å². The maximum absolute atomic E-state index is 12.5. The van der Waals surface area contributed by atoms with Gasteiger partial charge < -0.3 is 14.6 Å². The minimum Gasteiger partial charge on any atom is -0.370 e. The van der Waals surface area contributed by atoms with Gasteiger partial charge in [-0.1, -0.05) is 19.8 Å². The van der Waals surface area contributed by atoms with Crippen molar-refractivity contribution in [1.82, 2.24) is 14.8 Å². The Hall–Kier alpha value is -1.33. The predicted molar refractivity (Wildman–Crippen MR) is 102 cm³/mol. The first kappa shape index (κ1) is 18.1. The van der Waals surface area contributed by atoms with E-state index in [0.717, 1.165) is 43.6 Å². The van der Waals surface area contributed by atoms with Gasteiger partial charge in [0, 0.05) is 38.8 Å². The minimum absolute atomic E-state index is 0.00729. The molecule has 5 nitrogen and oxygen atoms in total. The van der Waals surface area contributed by atoms with E-state index in [1.807, 2.05) is 22.9 Å². The van der Waals surface area contributed by atoms with E-state index in [0.29, 0.717) is 6.61 Å². The fourth-order valence-corrected chi connectivity index (χ4v) is 5.09. The maximum atomic E-state index is 12.5. The molecule has 144 valence electrons. The Labute approximate surface area is 157 Å². The van der Waals surface area contributed by atoms with Gasteiger partial charge >= 0.3 is 0 Å². The Bertz CT molecular complexity index is 627. The van der Waals surface area contributed by atoms with Gasteiger partial charge in [0.05, 0.1) is 18.2 Å². The van der Waals surface area contributed by atoms with Crippen molar-refractivity contribution in [1.29, 1.82) is 0 Å². The summed E-state index contributed by atoms with van der Waals surface area (Å²) in [6.07, 6.45) is 8.48. The standard InChI is InChI=1S/C21H33N3O2/c1-3-24-10-4-5-19(24)20(25)22-18-11-21(26-13-18)14-23(15-21)12-17-8-6-16(2)7-9-17/h4-5,10,16-18H,3,6-9,11-15H2,1-2H3,(H,22,25). The van der Waals surface area contributed by atoms with Crippen LogP contribution in [0.3, 0.4) is 0 Å². The smallest absolute Gasteiger partial charge is 0.268 e. The predicted octanol–water partition coefficient (Wildman–Crippen LogP) is 2.91. The summed E-state index contributed by atoms with van der Waals surface area (Å²) in [6.45, 7) is 9.21. The van der Waals surface area contributed by atoms with Gasteiger partial charge in [0.25, 0.3) is 5.91 Å². The third-order valence-corrected chi connectivity index (χ3v) is 6.62. The average molecular weight is 360 g/mol. The molecule has 0 aromatic carbocycles. The Morgan fingerprint density at radius 2 is 2.08 bits per heavy atom. The Morgan fingerprint density at radius 3 is 2.81 bits per heavy atom. The number of carbonyl (C=O) groups excluding carboxylic acids is 1. The van der Waals surface area contributed by atoms with Crippen LogP contribution in [0.5, 0.6) is 0 Å². The highest BCUT2D eigenvalue weighted by atomic mass is 16.5. The lowest BCUT2D eigenvalue weighted by molar-refractivity contribution is -0.116. The average Bonchev–Trinajstić information content (AvgIpc) is 3.23. The molecule has 1 unspecified atom stereocenters. The van der Waals surface area contributed by atoms with Crippen molar-refractivity contribution in [2.75, 3.05) is 26.2 Å². The van der Waals surface area contributed by atoms with Gasteiger partial charge in [0.1, 0.15) is 5.69 Å². The largest absolute Gasteiger partial charge is 0.370 e. The van der Waals surface area contributed by atoms with Crippen LogP contribution in [0.15, 0.2) is 18.3 Å². The zero-order valence-corrected chi connectivity index (χ0v) is 16.2. The van der Waals surface area contributed by atoms with Crippen molar-refractivity contribution in [3.05, 3.63) is 24.0 Å². The van der Waals surface area contributed by atoms with Crippen LogP contribution in [-0.2, 0) is 11.3 Å². The van der Waals surface area contributed by atoms with Crippen molar-refractivity contribution in [2.45, 2.75) is 64.1 Å². The van der Waals surface area contributed by atoms with Gasteiger partial charge in [-0.2, -0.15) is 0 Å². The molecule has 1 amide bonds. The number of hydrogen-bond acceptors (Lipinski definition) is 3. The van der Waals surface area contributed by atoms with Crippen LogP contribution in [0.25, 0.3) is 0 Å². The summed E-state index contributed by atoms with van der Waals surface area (Å²) >= 11 is 0. The molecule has 3 aliphatic rings. The van der Waals surface area contributed by atoms with Crippen LogP contribution in [-0.4, -0.2) is 53.3 Å². The number of rotatable bonds is 5. The lowest BCUT2D eigenvalue weighted by Crippen LogP contribution is -2.62. The SMILES string of the molecule is CCn1cccc1C(=O)NC1COC2(C1)CN(CC1CCC(C)CC1)C2. The molecule has 5 heteroatoms. The van der Waals surface area contributed by atoms with E-state index in [-0.39, 0.29) is 17.6 Å². The fraction of sp³-hybridized carbons (Fsp3) is 0.762. The molecular formula is C21H33N3O2. The van der Waals surface area contributed by atoms with Gasteiger partial charge in [-0.3, -0.25) is 9.69 Å². The van der Waals surface area contributed by atoms with Crippen LogP contribution in [0.4, 0.5) is 0 Å². The number of aromatic nitrogens is 1. The van der Waals surface area contributed by atoms with E-state index in [2.05, 4.69) is 24.1 Å². The summed E-state index contributed by atoms with van der Waals surface area (Å²) in [6, 6.07) is 3.96. The second kappa shape index (κ2) is 7.35. The van der Waals surface area contributed by atoms with Crippen molar-refractivity contribution in [2.24, 2.45) is 11.8 Å². The molecule has 2 aliphatic heterocycles. The topological polar surface area (TPSA) is 46.5 Å². The Kier molecular flexibility index (Phi) is 5.11. The van der Waals surface area contributed by atoms with Crippen molar-refractivity contribution >= 4 is 5.91 Å². The number of ether oxygens (including phenoxy) is 1. The Balaban J connectivity index is 1.23. The van der Waals surface area contributed by atoms with Gasteiger partial charge in [0.2, 0.25) is 0 Å². The molecule has 0 bridgehead atoms. The van der Waals surface area contributed by atoms with Gasteiger partial charge in [-0.15, -0.1) is 0 Å². The number of nitrogens with zero attached hydrogens (tertiary/aromatic N) is 2. The molecule has 2 saturated heterocycles. The first-order chi connectivity index (χ1) is 12.6. The molecule has 1 aliphatic carbocycles. The third-order valence-electron chi connectivity index (χ3n) is 6.62. The van der Waals surface area contributed by atoms with Crippen LogP contribution < -0.4 is 5.32 Å². The first-order valence-electron chi connectivity index (χ1n) is 10.4. The summed E-state index contributed by atoms with van der Waals surface area (Å²) in [5.74, 6) is 1.82. The quantitative estimate of drug-likeness (QED) is 0.879. The molecule has 26 heavy (non-hydrogen) atoms. The molecule has 1 spiro atoms. The van der Waals surface area contributed by atoms with Gasteiger partial charge in [-0.25, -0.2) is 0 Å². The Morgan fingerprint density at radius 1 is 1.31 bits per heavy atom. The molecule has 0 radical (unpaired) electrons. The number of amides is 1. The molecule has 1 N–H and O–H groups in total. The fourth-order valence-electron chi connectivity index (χ4n) is 5.09. The van der Waals surface area contributed by atoms with Crippen LogP contribution in [0, 0.1) is 11.8 Å². The van der Waals surface area contributed by atoms with Gasteiger partial charge in [-0.05, 0) is 43.7 Å². The van der Waals surface area contributed by atoms with Crippen LogP contribution in [0.2, 0.25) is 0 Å². The van der Waals surface area contributed by atoms with Crippen molar-refractivity contribution in [3.63, 3.8) is 0 Å². The summed E-state index contributed by atoms with van der Waals surface area (Å²) < 4.78 is 8.12. The molecular weight excluding hydrogens is 326 g/mol. The molecule has 1 aromatic heterocycles.